The van der Waals surface area contributed by atoms with E-state index < -0.39 is 18.5 Å². The Morgan fingerprint density at radius 2 is 1.78 bits per heavy atom. The van der Waals surface area contributed by atoms with Gasteiger partial charge in [0.15, 0.2) is 0 Å². The van der Waals surface area contributed by atoms with Crippen molar-refractivity contribution in [2.75, 3.05) is 0 Å². The minimum atomic E-state index is -4.25. The number of hydrogen-bond acceptors (Lipinski definition) is 1. The molecule has 0 unspecified atom stereocenters. The molecule has 0 bridgehead atoms. The lowest BCUT2D eigenvalue weighted by Crippen LogP contribution is -2.14. The van der Waals surface area contributed by atoms with Crippen LogP contribution in [0.1, 0.15) is 28.3 Å². The second-order valence-corrected chi connectivity index (χ2v) is 7.70. The Balaban J connectivity index is 2.00. The van der Waals surface area contributed by atoms with Crippen LogP contribution in [0.5, 0.6) is 0 Å². The number of alkyl halides is 3. The molecule has 0 saturated heterocycles. The molecule has 2 aromatic carbocycles. The first kappa shape index (κ1) is 17.9. The van der Waals surface area contributed by atoms with Crippen LogP contribution in [0.2, 0.25) is 0 Å². The van der Waals surface area contributed by atoms with Crippen LogP contribution < -0.4 is 0 Å². The van der Waals surface area contributed by atoms with Crippen LogP contribution >= 0.6 is 11.3 Å². The quantitative estimate of drug-likeness (QED) is 0.380. The van der Waals surface area contributed by atoms with Crippen LogP contribution in [0, 0.1) is 6.92 Å². The summed E-state index contributed by atoms with van der Waals surface area (Å²) >= 11 is 1.37. The molecule has 0 fully saturated rings. The van der Waals surface area contributed by atoms with E-state index in [-0.39, 0.29) is 0 Å². The van der Waals surface area contributed by atoms with Gasteiger partial charge in [-0.3, -0.25) is 0 Å². The van der Waals surface area contributed by atoms with Gasteiger partial charge in [-0.15, -0.1) is 11.3 Å². The maximum absolute atomic E-state index is 13.5. The zero-order valence-corrected chi connectivity index (χ0v) is 15.5. The van der Waals surface area contributed by atoms with E-state index in [2.05, 4.69) is 4.98 Å². The van der Waals surface area contributed by atoms with E-state index in [1.54, 1.807) is 6.07 Å². The molecule has 2 heterocycles. The van der Waals surface area contributed by atoms with Crippen LogP contribution in [0.25, 0.3) is 22.2 Å². The highest BCUT2D eigenvalue weighted by Gasteiger charge is 2.36. The number of aromatic amines is 1. The maximum Gasteiger partial charge on any atom is 0.390 e. The summed E-state index contributed by atoms with van der Waals surface area (Å²) in [4.78, 5) is 4.11. The molecule has 1 atom stereocenters. The fraction of sp³-hybridized carbons (Fsp3) is 0.182. The zero-order valence-electron chi connectivity index (χ0n) is 14.7. The number of rotatable bonds is 4. The molecule has 0 radical (unpaired) electrons. The Morgan fingerprint density at radius 1 is 1.00 bits per heavy atom. The van der Waals surface area contributed by atoms with E-state index in [0.29, 0.717) is 0 Å². The van der Waals surface area contributed by atoms with Crippen molar-refractivity contribution < 1.29 is 13.2 Å². The number of aryl methyl sites for hydroxylation is 1. The van der Waals surface area contributed by atoms with Crippen molar-refractivity contribution in [2.24, 2.45) is 0 Å². The number of hydrogen-bond donors (Lipinski definition) is 1. The third-order valence-corrected chi connectivity index (χ3v) is 5.71. The minimum Gasteiger partial charge on any atom is -0.354 e. The number of H-pyrrole nitrogens is 1. The monoisotopic (exact) mass is 385 g/mol. The molecule has 0 aliphatic rings. The average Bonchev–Trinajstić information content (AvgIpc) is 3.27. The third kappa shape index (κ3) is 3.65. The van der Waals surface area contributed by atoms with Crippen molar-refractivity contribution in [1.29, 1.82) is 0 Å². The lowest BCUT2D eigenvalue weighted by atomic mass is 9.89. The van der Waals surface area contributed by atoms with Gasteiger partial charge in [0, 0.05) is 21.7 Å². The van der Waals surface area contributed by atoms with Gasteiger partial charge in [0.1, 0.15) is 0 Å². The molecule has 138 valence electrons. The number of aromatic nitrogens is 1. The topological polar surface area (TPSA) is 15.8 Å². The first-order valence-electron chi connectivity index (χ1n) is 8.70. The molecule has 1 N–H and O–H groups in total. The molecular formula is C22H18F3NS. The van der Waals surface area contributed by atoms with Gasteiger partial charge in [-0.25, -0.2) is 0 Å². The summed E-state index contributed by atoms with van der Waals surface area (Å²) in [7, 11) is 0. The number of fused-ring (bicyclic) bond motifs is 1. The Bertz CT molecular complexity index is 1050. The molecule has 27 heavy (non-hydrogen) atoms. The standard InChI is InChI=1S/C22H18F3NS/c1-14-9-10-16-18(12-14)26-21(15-6-3-2-4-7-15)20(16)17(13-22(23,24)25)19-8-5-11-27-19/h2-12,17,26H,13H2,1H3/t17-/m0/s1. The molecule has 4 rings (SSSR count). The lowest BCUT2D eigenvalue weighted by molar-refractivity contribution is -0.136. The summed E-state index contributed by atoms with van der Waals surface area (Å²) in [6.07, 6.45) is -5.13. The van der Waals surface area contributed by atoms with Crippen molar-refractivity contribution in [3.63, 3.8) is 0 Å². The highest BCUT2D eigenvalue weighted by atomic mass is 32.1. The highest BCUT2D eigenvalue weighted by Crippen LogP contribution is 2.45. The predicted octanol–water partition coefficient (Wildman–Crippen LogP) is 7.29. The van der Waals surface area contributed by atoms with Crippen molar-refractivity contribution in [3.8, 4) is 11.3 Å². The number of halogens is 3. The maximum atomic E-state index is 13.5. The molecule has 0 spiro atoms. The van der Waals surface area contributed by atoms with Gasteiger partial charge in [0.25, 0.3) is 0 Å². The van der Waals surface area contributed by atoms with E-state index in [0.717, 1.165) is 38.2 Å². The number of thiophene rings is 1. The second-order valence-electron chi connectivity index (χ2n) is 6.72. The minimum absolute atomic E-state index is 0.718. The summed E-state index contributed by atoms with van der Waals surface area (Å²) in [5.41, 5.74) is 4.31. The van der Waals surface area contributed by atoms with Gasteiger partial charge < -0.3 is 4.98 Å². The van der Waals surface area contributed by atoms with Gasteiger partial charge in [0.2, 0.25) is 0 Å². The van der Waals surface area contributed by atoms with E-state index in [1.165, 1.54) is 11.3 Å². The molecule has 0 aliphatic heterocycles. The molecule has 4 aromatic rings. The van der Waals surface area contributed by atoms with Crippen molar-refractivity contribution in [2.45, 2.75) is 25.4 Å². The molecular weight excluding hydrogens is 367 g/mol. The lowest BCUT2D eigenvalue weighted by Gasteiger charge is -2.19. The smallest absolute Gasteiger partial charge is 0.354 e. The van der Waals surface area contributed by atoms with Gasteiger partial charge >= 0.3 is 6.18 Å². The number of nitrogens with one attached hydrogen (secondary N) is 1. The molecule has 0 aliphatic carbocycles. The average molecular weight is 385 g/mol. The van der Waals surface area contributed by atoms with Gasteiger partial charge in [-0.2, -0.15) is 13.2 Å². The van der Waals surface area contributed by atoms with Crippen molar-refractivity contribution in [1.82, 2.24) is 4.98 Å². The van der Waals surface area contributed by atoms with Crippen LogP contribution in [-0.2, 0) is 0 Å². The van der Waals surface area contributed by atoms with E-state index in [1.807, 2.05) is 66.9 Å². The van der Waals surface area contributed by atoms with Crippen LogP contribution in [0.4, 0.5) is 13.2 Å². The van der Waals surface area contributed by atoms with Crippen molar-refractivity contribution in [3.05, 3.63) is 82.0 Å². The Hall–Kier alpha value is -2.53. The van der Waals surface area contributed by atoms with Gasteiger partial charge in [0.05, 0.1) is 12.1 Å². The Labute approximate surface area is 159 Å². The first-order valence-corrected chi connectivity index (χ1v) is 9.58. The molecule has 5 heteroatoms. The summed E-state index contributed by atoms with van der Waals surface area (Å²) in [6.45, 7) is 1.98. The van der Waals surface area contributed by atoms with E-state index >= 15 is 0 Å². The summed E-state index contributed by atoms with van der Waals surface area (Å²) < 4.78 is 40.4. The summed E-state index contributed by atoms with van der Waals surface area (Å²) in [5, 5.41) is 2.68. The zero-order chi connectivity index (χ0) is 19.0. The largest absolute Gasteiger partial charge is 0.390 e. The SMILES string of the molecule is Cc1ccc2c([C@@H](CC(F)(F)F)c3cccs3)c(-c3ccccc3)[nH]c2c1. The van der Waals surface area contributed by atoms with Crippen LogP contribution in [-0.4, -0.2) is 11.2 Å². The van der Waals surface area contributed by atoms with Crippen molar-refractivity contribution >= 4 is 22.2 Å². The fourth-order valence-corrected chi connectivity index (χ4v) is 4.43. The normalized spacial score (nSPS) is 13.2. The fourth-order valence-electron chi connectivity index (χ4n) is 3.59. The molecule has 0 saturated carbocycles. The Kier molecular flexibility index (Phi) is 4.56. The number of benzene rings is 2. The first-order chi connectivity index (χ1) is 12.9. The summed E-state index contributed by atoms with van der Waals surface area (Å²) in [5.74, 6) is -0.739. The van der Waals surface area contributed by atoms with E-state index in [9.17, 15) is 13.2 Å². The molecule has 2 aromatic heterocycles. The van der Waals surface area contributed by atoms with Gasteiger partial charge in [-0.05, 0) is 41.1 Å². The predicted molar refractivity (Wildman–Crippen MR) is 105 cm³/mol. The second kappa shape index (κ2) is 6.89. The van der Waals surface area contributed by atoms with Gasteiger partial charge in [-0.1, -0.05) is 48.5 Å². The Morgan fingerprint density at radius 3 is 2.44 bits per heavy atom. The summed E-state index contributed by atoms with van der Waals surface area (Å²) in [6, 6.07) is 19.0. The molecule has 1 nitrogen and oxygen atoms in total. The van der Waals surface area contributed by atoms with E-state index in [4.69, 9.17) is 0 Å². The highest BCUT2D eigenvalue weighted by molar-refractivity contribution is 7.10. The third-order valence-electron chi connectivity index (χ3n) is 4.73. The van der Waals surface area contributed by atoms with Crippen LogP contribution in [0.3, 0.4) is 0 Å². The molecule has 0 amide bonds. The van der Waals surface area contributed by atoms with Crippen LogP contribution in [0.15, 0.2) is 66.0 Å².